The average Bonchev–Trinajstić information content (AvgIpc) is 3.29. The third-order valence-electron chi connectivity index (χ3n) is 4.02. The number of carbonyl (C=O) groups excluding carboxylic acids is 2. The molecule has 0 spiro atoms. The number of para-hydroxylation sites is 1. The molecule has 0 N–H and O–H groups in total. The fraction of sp³-hybridized carbons (Fsp3) is 0.211. The molecule has 0 aliphatic carbocycles. The molecule has 8 nitrogen and oxygen atoms in total. The van der Waals surface area contributed by atoms with E-state index in [0.717, 1.165) is 4.70 Å². The molecule has 1 aliphatic heterocycles. The van der Waals surface area contributed by atoms with Gasteiger partial charge in [-0.2, -0.15) is 4.99 Å². The van der Waals surface area contributed by atoms with Gasteiger partial charge in [0.25, 0.3) is 5.91 Å². The van der Waals surface area contributed by atoms with Gasteiger partial charge in [0.05, 0.1) is 17.3 Å². The molecule has 1 amide bonds. The maximum Gasteiger partial charge on any atom is 0.325 e. The van der Waals surface area contributed by atoms with Gasteiger partial charge in [0, 0.05) is 12.1 Å². The molecule has 0 saturated heterocycles. The number of esters is 1. The van der Waals surface area contributed by atoms with Gasteiger partial charge in [0.15, 0.2) is 22.9 Å². The van der Waals surface area contributed by atoms with E-state index in [9.17, 15) is 9.59 Å². The van der Waals surface area contributed by atoms with Crippen molar-refractivity contribution in [1.82, 2.24) is 4.57 Å². The van der Waals surface area contributed by atoms with Crippen molar-refractivity contribution in [2.24, 2.45) is 4.99 Å². The highest BCUT2D eigenvalue weighted by Crippen LogP contribution is 2.36. The number of aromatic nitrogens is 1. The molecule has 0 atom stereocenters. The number of amides is 1. The minimum Gasteiger partial charge on any atom is -0.484 e. The van der Waals surface area contributed by atoms with Crippen molar-refractivity contribution in [3.8, 4) is 17.2 Å². The lowest BCUT2D eigenvalue weighted by Gasteiger charge is -2.05. The minimum absolute atomic E-state index is 0.0815. The summed E-state index contributed by atoms with van der Waals surface area (Å²) in [6.45, 7) is -0.142. The molecule has 1 aromatic heterocycles. The summed E-state index contributed by atoms with van der Waals surface area (Å²) in [5.41, 5.74) is 0.704. The predicted molar refractivity (Wildman–Crippen MR) is 100 cm³/mol. The van der Waals surface area contributed by atoms with Gasteiger partial charge < -0.3 is 23.5 Å². The Morgan fingerprint density at radius 2 is 1.93 bits per heavy atom. The van der Waals surface area contributed by atoms with E-state index in [-0.39, 0.29) is 19.9 Å². The number of rotatable bonds is 5. The summed E-state index contributed by atoms with van der Waals surface area (Å²) in [6, 6.07) is 12.6. The molecule has 2 heterocycles. The number of methoxy groups -OCH3 is 1. The maximum absolute atomic E-state index is 12.3. The molecule has 0 unspecified atom stereocenters. The number of ether oxygens (including phenoxy) is 4. The Bertz CT molecular complexity index is 1100. The second-order valence-electron chi connectivity index (χ2n) is 5.83. The van der Waals surface area contributed by atoms with Crippen LogP contribution in [0.25, 0.3) is 10.2 Å². The minimum atomic E-state index is -0.464. The van der Waals surface area contributed by atoms with E-state index in [4.69, 9.17) is 18.9 Å². The maximum atomic E-state index is 12.3. The average molecular weight is 400 g/mol. The molecule has 2 aromatic carbocycles. The van der Waals surface area contributed by atoms with Gasteiger partial charge in [-0.05, 0) is 12.1 Å². The van der Waals surface area contributed by atoms with Gasteiger partial charge in [-0.3, -0.25) is 9.59 Å². The summed E-state index contributed by atoms with van der Waals surface area (Å²) in [6.07, 6.45) is 0. The molecule has 0 bridgehead atoms. The highest BCUT2D eigenvalue weighted by molar-refractivity contribution is 7.16. The number of hydrogen-bond donors (Lipinski definition) is 0. The number of nitrogens with zero attached hydrogens (tertiary/aromatic N) is 2. The lowest BCUT2D eigenvalue weighted by molar-refractivity contribution is -0.141. The smallest absolute Gasteiger partial charge is 0.325 e. The van der Waals surface area contributed by atoms with Gasteiger partial charge >= 0.3 is 5.97 Å². The topological polar surface area (TPSA) is 88.4 Å². The molecule has 28 heavy (non-hydrogen) atoms. The quantitative estimate of drug-likeness (QED) is 0.610. The van der Waals surface area contributed by atoms with Crippen LogP contribution in [-0.4, -0.2) is 37.0 Å². The third kappa shape index (κ3) is 3.70. The molecule has 9 heteroatoms. The van der Waals surface area contributed by atoms with Crippen molar-refractivity contribution in [3.05, 3.63) is 47.3 Å². The zero-order valence-electron chi connectivity index (χ0n) is 14.9. The van der Waals surface area contributed by atoms with Gasteiger partial charge in [-0.25, -0.2) is 0 Å². The van der Waals surface area contributed by atoms with Crippen molar-refractivity contribution in [2.45, 2.75) is 6.54 Å². The summed E-state index contributed by atoms with van der Waals surface area (Å²) >= 11 is 1.27. The van der Waals surface area contributed by atoms with E-state index >= 15 is 0 Å². The SMILES string of the molecule is COC(=O)Cn1c(=NC(=O)COc2ccccc2)sc2cc3c(cc21)OCO3. The lowest BCUT2D eigenvalue weighted by atomic mass is 10.3. The van der Waals surface area contributed by atoms with Crippen LogP contribution in [0.15, 0.2) is 47.5 Å². The van der Waals surface area contributed by atoms with Crippen molar-refractivity contribution in [2.75, 3.05) is 20.5 Å². The second kappa shape index (κ2) is 7.73. The van der Waals surface area contributed by atoms with E-state index in [0.29, 0.717) is 27.6 Å². The number of hydrogen-bond acceptors (Lipinski definition) is 7. The number of thiazole rings is 1. The molecule has 144 valence electrons. The Morgan fingerprint density at radius 3 is 2.68 bits per heavy atom. The first-order chi connectivity index (χ1) is 13.6. The van der Waals surface area contributed by atoms with Crippen LogP contribution in [0.4, 0.5) is 0 Å². The van der Waals surface area contributed by atoms with E-state index in [1.165, 1.54) is 18.4 Å². The highest BCUT2D eigenvalue weighted by Gasteiger charge is 2.19. The molecule has 4 rings (SSSR count). The summed E-state index contributed by atoms with van der Waals surface area (Å²) in [4.78, 5) is 28.7. The summed E-state index contributed by atoms with van der Waals surface area (Å²) in [7, 11) is 1.31. The Morgan fingerprint density at radius 1 is 1.18 bits per heavy atom. The largest absolute Gasteiger partial charge is 0.484 e. The van der Waals surface area contributed by atoms with Crippen LogP contribution in [0, 0.1) is 0 Å². The number of fused-ring (bicyclic) bond motifs is 2. The highest BCUT2D eigenvalue weighted by atomic mass is 32.1. The zero-order valence-corrected chi connectivity index (χ0v) is 15.7. The third-order valence-corrected chi connectivity index (χ3v) is 5.06. The molecule has 0 saturated carbocycles. The van der Waals surface area contributed by atoms with E-state index < -0.39 is 11.9 Å². The number of benzene rings is 2. The zero-order chi connectivity index (χ0) is 19.5. The Balaban J connectivity index is 1.68. The molecular formula is C19H16N2O6S. The van der Waals surface area contributed by atoms with E-state index in [2.05, 4.69) is 4.99 Å². The number of carbonyl (C=O) groups is 2. The Kier molecular flexibility index (Phi) is 4.98. The lowest BCUT2D eigenvalue weighted by Crippen LogP contribution is -2.23. The first-order valence-corrected chi connectivity index (χ1v) is 9.21. The molecule has 1 aliphatic rings. The second-order valence-corrected chi connectivity index (χ2v) is 6.84. The van der Waals surface area contributed by atoms with Crippen LogP contribution in [-0.2, 0) is 20.9 Å². The predicted octanol–water partition coefficient (Wildman–Crippen LogP) is 2.11. The standard InChI is InChI=1S/C19H16N2O6S/c1-24-18(23)9-21-13-7-14-15(27-11-26-14)8-16(13)28-19(21)20-17(22)10-25-12-5-3-2-4-6-12/h2-8H,9-11H2,1H3. The normalized spacial score (nSPS) is 13.0. The van der Waals surface area contributed by atoms with E-state index in [1.54, 1.807) is 28.8 Å². The summed E-state index contributed by atoms with van der Waals surface area (Å²) in [5, 5.41) is 0. The van der Waals surface area contributed by atoms with Gasteiger partial charge in [-0.1, -0.05) is 29.5 Å². The van der Waals surface area contributed by atoms with Gasteiger partial charge in [-0.15, -0.1) is 0 Å². The fourth-order valence-corrected chi connectivity index (χ4v) is 3.75. The molecule has 0 radical (unpaired) electrons. The van der Waals surface area contributed by atoms with Crippen molar-refractivity contribution < 1.29 is 28.5 Å². The molecular weight excluding hydrogens is 384 g/mol. The van der Waals surface area contributed by atoms with E-state index in [1.807, 2.05) is 18.2 Å². The van der Waals surface area contributed by atoms with Crippen LogP contribution in [0.1, 0.15) is 0 Å². The van der Waals surface area contributed by atoms with Crippen molar-refractivity contribution >= 4 is 33.4 Å². The fourth-order valence-electron chi connectivity index (χ4n) is 2.69. The van der Waals surface area contributed by atoms with Crippen LogP contribution >= 0.6 is 11.3 Å². The first kappa shape index (κ1) is 18.1. The first-order valence-electron chi connectivity index (χ1n) is 8.39. The summed E-state index contributed by atoms with van der Waals surface area (Å²) < 4.78 is 23.4. The van der Waals surface area contributed by atoms with Crippen LogP contribution < -0.4 is 19.0 Å². The van der Waals surface area contributed by atoms with Crippen molar-refractivity contribution in [3.63, 3.8) is 0 Å². The van der Waals surface area contributed by atoms with Crippen LogP contribution in [0.2, 0.25) is 0 Å². The monoisotopic (exact) mass is 400 g/mol. The summed E-state index contributed by atoms with van der Waals surface area (Å²) in [5.74, 6) is 0.856. The van der Waals surface area contributed by atoms with Gasteiger partial charge in [0.2, 0.25) is 6.79 Å². The van der Waals surface area contributed by atoms with Crippen molar-refractivity contribution in [1.29, 1.82) is 0 Å². The Labute approximate surface area is 163 Å². The van der Waals surface area contributed by atoms with Crippen LogP contribution in [0.5, 0.6) is 17.2 Å². The molecule has 0 fully saturated rings. The Hall–Kier alpha value is -3.33. The van der Waals surface area contributed by atoms with Crippen LogP contribution in [0.3, 0.4) is 0 Å². The van der Waals surface area contributed by atoms with Gasteiger partial charge in [0.1, 0.15) is 12.3 Å². The molecule has 3 aromatic rings.